The van der Waals surface area contributed by atoms with Crippen LogP contribution in [0.4, 0.5) is 14.9 Å². The van der Waals surface area contributed by atoms with Crippen molar-refractivity contribution in [2.45, 2.75) is 32.2 Å². The number of rotatable bonds is 4. The van der Waals surface area contributed by atoms with Crippen LogP contribution in [0.5, 0.6) is 0 Å². The highest BCUT2D eigenvalue weighted by atomic mass is 19.1. The van der Waals surface area contributed by atoms with Crippen LogP contribution in [-0.4, -0.2) is 22.4 Å². The quantitative estimate of drug-likeness (QED) is 0.901. The van der Waals surface area contributed by atoms with Crippen LogP contribution in [0.2, 0.25) is 0 Å². The van der Waals surface area contributed by atoms with Gasteiger partial charge in [-0.25, -0.2) is 13.9 Å². The Balaban J connectivity index is 1.56. The summed E-state index contributed by atoms with van der Waals surface area (Å²) in [6, 6.07) is 7.05. The SMILES string of the molecule is O=C(NCCn1nc2c(cc1=O)CCCC2)Nc1ccccc1F. The summed E-state index contributed by atoms with van der Waals surface area (Å²) in [7, 11) is 0. The van der Waals surface area contributed by atoms with E-state index in [1.807, 2.05) is 0 Å². The first-order valence-electron chi connectivity index (χ1n) is 8.03. The van der Waals surface area contributed by atoms with Gasteiger partial charge in [0.05, 0.1) is 17.9 Å². The van der Waals surface area contributed by atoms with Gasteiger partial charge in [0.15, 0.2) is 0 Å². The van der Waals surface area contributed by atoms with Crippen LogP contribution in [0.15, 0.2) is 35.1 Å². The van der Waals surface area contributed by atoms with E-state index >= 15 is 0 Å². The zero-order valence-corrected chi connectivity index (χ0v) is 13.2. The lowest BCUT2D eigenvalue weighted by molar-refractivity contribution is 0.251. The van der Waals surface area contributed by atoms with Gasteiger partial charge in [-0.05, 0) is 43.4 Å². The number of hydrogen-bond donors (Lipinski definition) is 2. The Bertz CT molecular complexity index is 803. The number of amides is 2. The number of benzene rings is 1. The van der Waals surface area contributed by atoms with Crippen molar-refractivity contribution >= 4 is 11.7 Å². The molecule has 24 heavy (non-hydrogen) atoms. The monoisotopic (exact) mass is 330 g/mol. The molecule has 126 valence electrons. The van der Waals surface area contributed by atoms with Gasteiger partial charge in [-0.3, -0.25) is 4.79 Å². The van der Waals surface area contributed by atoms with Crippen LogP contribution in [0.1, 0.15) is 24.1 Å². The van der Waals surface area contributed by atoms with Crippen molar-refractivity contribution in [3.8, 4) is 0 Å². The minimum Gasteiger partial charge on any atom is -0.336 e. The number of aromatic nitrogens is 2. The molecule has 1 heterocycles. The van der Waals surface area contributed by atoms with Crippen molar-refractivity contribution in [1.82, 2.24) is 15.1 Å². The van der Waals surface area contributed by atoms with Gasteiger partial charge in [0.1, 0.15) is 5.82 Å². The molecule has 0 fully saturated rings. The number of carbonyl (C=O) groups is 1. The third-order valence-corrected chi connectivity index (χ3v) is 4.01. The average Bonchev–Trinajstić information content (AvgIpc) is 2.57. The van der Waals surface area contributed by atoms with Crippen molar-refractivity contribution in [3.63, 3.8) is 0 Å². The molecule has 1 aliphatic rings. The second-order valence-electron chi connectivity index (χ2n) is 5.75. The highest BCUT2D eigenvalue weighted by Gasteiger charge is 2.13. The number of anilines is 1. The van der Waals surface area contributed by atoms with Crippen LogP contribution < -0.4 is 16.2 Å². The van der Waals surface area contributed by atoms with Gasteiger partial charge in [-0.2, -0.15) is 5.10 Å². The Morgan fingerprint density at radius 1 is 1.25 bits per heavy atom. The predicted octanol–water partition coefficient (Wildman–Crippen LogP) is 2.08. The normalized spacial score (nSPS) is 13.2. The Labute approximate surface area is 138 Å². The van der Waals surface area contributed by atoms with Crippen molar-refractivity contribution in [2.75, 3.05) is 11.9 Å². The standard InChI is InChI=1S/C17H19FN4O2/c18-13-6-2-4-8-15(13)20-17(24)19-9-10-22-16(23)11-12-5-1-3-7-14(12)21-22/h2,4,6,8,11H,1,3,5,7,9-10H2,(H2,19,20,24). The third-order valence-electron chi connectivity index (χ3n) is 4.01. The lowest BCUT2D eigenvalue weighted by Gasteiger charge is -2.16. The predicted molar refractivity (Wildman–Crippen MR) is 88.6 cm³/mol. The fourth-order valence-electron chi connectivity index (χ4n) is 2.77. The van der Waals surface area contributed by atoms with E-state index in [9.17, 15) is 14.0 Å². The Morgan fingerprint density at radius 3 is 2.88 bits per heavy atom. The third kappa shape index (κ3) is 3.79. The van der Waals surface area contributed by atoms with Crippen molar-refractivity contribution in [2.24, 2.45) is 0 Å². The number of halogens is 1. The second kappa shape index (κ2) is 7.25. The molecular formula is C17H19FN4O2. The lowest BCUT2D eigenvalue weighted by atomic mass is 9.97. The molecule has 0 aliphatic heterocycles. The number of hydrogen-bond acceptors (Lipinski definition) is 3. The van der Waals surface area contributed by atoms with Crippen LogP contribution in [0.25, 0.3) is 0 Å². The maximum atomic E-state index is 13.5. The Morgan fingerprint density at radius 2 is 2.04 bits per heavy atom. The average molecular weight is 330 g/mol. The molecule has 0 unspecified atom stereocenters. The van der Waals surface area contributed by atoms with Gasteiger partial charge in [0, 0.05) is 12.6 Å². The van der Waals surface area contributed by atoms with Crippen LogP contribution in [0, 0.1) is 5.82 Å². The van der Waals surface area contributed by atoms with E-state index < -0.39 is 11.8 Å². The van der Waals surface area contributed by atoms with E-state index in [0.717, 1.165) is 36.9 Å². The molecule has 0 saturated heterocycles. The maximum Gasteiger partial charge on any atom is 0.319 e. The van der Waals surface area contributed by atoms with E-state index in [1.54, 1.807) is 18.2 Å². The number of para-hydroxylation sites is 1. The molecule has 1 aliphatic carbocycles. The summed E-state index contributed by atoms with van der Waals surface area (Å²) in [5.41, 5.74) is 1.95. The minimum atomic E-state index is -0.522. The molecule has 2 aromatic rings. The largest absolute Gasteiger partial charge is 0.336 e. The first kappa shape index (κ1) is 16.2. The van der Waals surface area contributed by atoms with Gasteiger partial charge in [-0.1, -0.05) is 12.1 Å². The number of carbonyl (C=O) groups excluding carboxylic acids is 1. The van der Waals surface area contributed by atoms with E-state index in [2.05, 4.69) is 15.7 Å². The van der Waals surface area contributed by atoms with Crippen LogP contribution in [0.3, 0.4) is 0 Å². The molecule has 2 amide bonds. The molecule has 0 spiro atoms. The zero-order chi connectivity index (χ0) is 16.9. The number of nitrogens with one attached hydrogen (secondary N) is 2. The molecule has 0 saturated carbocycles. The number of nitrogens with zero attached hydrogens (tertiary/aromatic N) is 2. The van der Waals surface area contributed by atoms with E-state index in [0.29, 0.717) is 0 Å². The van der Waals surface area contributed by atoms with Gasteiger partial charge >= 0.3 is 6.03 Å². The molecule has 0 radical (unpaired) electrons. The molecule has 0 atom stereocenters. The molecule has 1 aromatic carbocycles. The van der Waals surface area contributed by atoms with Gasteiger partial charge in [-0.15, -0.1) is 0 Å². The summed E-state index contributed by atoms with van der Waals surface area (Å²) < 4.78 is 14.8. The van der Waals surface area contributed by atoms with Crippen molar-refractivity contribution in [1.29, 1.82) is 0 Å². The molecule has 2 N–H and O–H groups in total. The summed E-state index contributed by atoms with van der Waals surface area (Å²) in [5.74, 6) is -0.500. The highest BCUT2D eigenvalue weighted by Crippen LogP contribution is 2.16. The summed E-state index contributed by atoms with van der Waals surface area (Å²) in [4.78, 5) is 23.8. The first-order chi connectivity index (χ1) is 11.6. The zero-order valence-electron chi connectivity index (χ0n) is 13.2. The lowest BCUT2D eigenvalue weighted by Crippen LogP contribution is -2.35. The van der Waals surface area contributed by atoms with Crippen LogP contribution in [-0.2, 0) is 19.4 Å². The van der Waals surface area contributed by atoms with Gasteiger partial charge < -0.3 is 10.6 Å². The minimum absolute atomic E-state index is 0.110. The smallest absolute Gasteiger partial charge is 0.319 e. The Kier molecular flexibility index (Phi) is 4.88. The number of aryl methyl sites for hydroxylation is 2. The fraction of sp³-hybridized carbons (Fsp3) is 0.353. The number of fused-ring (bicyclic) bond motifs is 1. The van der Waals surface area contributed by atoms with Crippen molar-refractivity contribution in [3.05, 3.63) is 57.8 Å². The maximum absolute atomic E-state index is 13.5. The van der Waals surface area contributed by atoms with E-state index in [4.69, 9.17) is 0 Å². The molecular weight excluding hydrogens is 311 g/mol. The second-order valence-corrected chi connectivity index (χ2v) is 5.75. The van der Waals surface area contributed by atoms with E-state index in [-0.39, 0.29) is 24.3 Å². The highest BCUT2D eigenvalue weighted by molar-refractivity contribution is 5.89. The fourth-order valence-corrected chi connectivity index (χ4v) is 2.77. The molecule has 1 aromatic heterocycles. The molecule has 0 bridgehead atoms. The number of urea groups is 1. The molecule has 6 nitrogen and oxygen atoms in total. The summed E-state index contributed by atoms with van der Waals surface area (Å²) in [6.07, 6.45) is 3.97. The van der Waals surface area contributed by atoms with Crippen LogP contribution >= 0.6 is 0 Å². The first-order valence-corrected chi connectivity index (χ1v) is 8.03. The topological polar surface area (TPSA) is 76.0 Å². The molecule has 7 heteroatoms. The van der Waals surface area contributed by atoms with Gasteiger partial charge in [0.2, 0.25) is 0 Å². The van der Waals surface area contributed by atoms with Crippen molar-refractivity contribution < 1.29 is 9.18 Å². The van der Waals surface area contributed by atoms with E-state index in [1.165, 1.54) is 16.8 Å². The summed E-state index contributed by atoms with van der Waals surface area (Å²) >= 11 is 0. The summed E-state index contributed by atoms with van der Waals surface area (Å²) in [5, 5.41) is 9.41. The van der Waals surface area contributed by atoms with Gasteiger partial charge in [0.25, 0.3) is 5.56 Å². The Hall–Kier alpha value is -2.70. The summed E-state index contributed by atoms with van der Waals surface area (Å²) in [6.45, 7) is 0.503. The molecule has 3 rings (SSSR count).